The fourth-order valence-corrected chi connectivity index (χ4v) is 1.44. The standard InChI is InChI=1S/C14H18N2/c1-3-12(2)14(11-15)16-10-9-13-7-5-4-6-8-13/h4-8,16H,3,9-10H2,1-2H3/b14-12+. The van der Waals surface area contributed by atoms with Crippen molar-refractivity contribution in [3.8, 4) is 6.07 Å². The number of nitrogens with one attached hydrogen (secondary N) is 1. The molecule has 0 fully saturated rings. The van der Waals surface area contributed by atoms with Gasteiger partial charge in [-0.25, -0.2) is 0 Å². The third-order valence-corrected chi connectivity index (χ3v) is 2.63. The van der Waals surface area contributed by atoms with E-state index >= 15 is 0 Å². The van der Waals surface area contributed by atoms with Crippen LogP contribution < -0.4 is 5.32 Å². The number of hydrogen-bond acceptors (Lipinski definition) is 2. The lowest BCUT2D eigenvalue weighted by atomic mass is 10.1. The zero-order valence-electron chi connectivity index (χ0n) is 9.96. The van der Waals surface area contributed by atoms with Crippen LogP contribution in [0.4, 0.5) is 0 Å². The van der Waals surface area contributed by atoms with E-state index in [1.807, 2.05) is 25.1 Å². The van der Waals surface area contributed by atoms with Crippen LogP contribution >= 0.6 is 0 Å². The summed E-state index contributed by atoms with van der Waals surface area (Å²) in [5.41, 5.74) is 3.13. The maximum atomic E-state index is 8.95. The molecule has 0 unspecified atom stereocenters. The molecule has 1 rings (SSSR count). The second-order valence-corrected chi connectivity index (χ2v) is 3.78. The van der Waals surface area contributed by atoms with Gasteiger partial charge in [0.2, 0.25) is 0 Å². The number of rotatable bonds is 5. The average Bonchev–Trinajstić information content (AvgIpc) is 2.35. The Bertz CT molecular complexity index is 385. The van der Waals surface area contributed by atoms with E-state index < -0.39 is 0 Å². The van der Waals surface area contributed by atoms with Crippen LogP contribution in [0.2, 0.25) is 0 Å². The van der Waals surface area contributed by atoms with E-state index in [-0.39, 0.29) is 0 Å². The summed E-state index contributed by atoms with van der Waals surface area (Å²) >= 11 is 0. The molecule has 1 aromatic rings. The van der Waals surface area contributed by atoms with E-state index in [0.717, 1.165) is 30.7 Å². The van der Waals surface area contributed by atoms with Gasteiger partial charge >= 0.3 is 0 Å². The lowest BCUT2D eigenvalue weighted by Gasteiger charge is -2.07. The van der Waals surface area contributed by atoms with Crippen LogP contribution in [0.1, 0.15) is 25.8 Å². The maximum absolute atomic E-state index is 8.95. The number of allylic oxidation sites excluding steroid dienone is 2. The number of benzene rings is 1. The van der Waals surface area contributed by atoms with Crippen molar-refractivity contribution in [1.82, 2.24) is 5.32 Å². The summed E-state index contributed by atoms with van der Waals surface area (Å²) in [6, 6.07) is 12.5. The Balaban J connectivity index is 2.45. The van der Waals surface area contributed by atoms with Crippen LogP contribution in [0.25, 0.3) is 0 Å². The molecule has 0 aliphatic rings. The van der Waals surface area contributed by atoms with Crippen molar-refractivity contribution in [1.29, 1.82) is 5.26 Å². The summed E-state index contributed by atoms with van der Waals surface area (Å²) in [4.78, 5) is 0. The van der Waals surface area contributed by atoms with Crippen molar-refractivity contribution in [3.63, 3.8) is 0 Å². The van der Waals surface area contributed by atoms with Gasteiger partial charge in [-0.15, -0.1) is 0 Å². The Kier molecular flexibility index (Phi) is 5.15. The highest BCUT2D eigenvalue weighted by Crippen LogP contribution is 2.04. The quantitative estimate of drug-likeness (QED) is 0.765. The molecule has 0 aliphatic heterocycles. The molecule has 1 N–H and O–H groups in total. The van der Waals surface area contributed by atoms with Crippen molar-refractivity contribution in [3.05, 3.63) is 47.2 Å². The van der Waals surface area contributed by atoms with Gasteiger partial charge < -0.3 is 5.32 Å². The topological polar surface area (TPSA) is 35.8 Å². The highest BCUT2D eigenvalue weighted by atomic mass is 14.9. The van der Waals surface area contributed by atoms with Gasteiger partial charge in [0.15, 0.2) is 0 Å². The fourth-order valence-electron chi connectivity index (χ4n) is 1.44. The Morgan fingerprint density at radius 1 is 1.31 bits per heavy atom. The van der Waals surface area contributed by atoms with Crippen LogP contribution in [0.15, 0.2) is 41.6 Å². The van der Waals surface area contributed by atoms with E-state index in [0.29, 0.717) is 0 Å². The van der Waals surface area contributed by atoms with Gasteiger partial charge in [-0.3, -0.25) is 0 Å². The lowest BCUT2D eigenvalue weighted by Crippen LogP contribution is -2.17. The molecular formula is C14H18N2. The van der Waals surface area contributed by atoms with E-state index in [4.69, 9.17) is 5.26 Å². The minimum atomic E-state index is 0.721. The molecule has 0 radical (unpaired) electrons. The molecule has 0 spiro atoms. The molecule has 84 valence electrons. The molecule has 0 aliphatic carbocycles. The summed E-state index contributed by atoms with van der Waals surface area (Å²) in [7, 11) is 0. The molecule has 0 heterocycles. The fraction of sp³-hybridized carbons (Fsp3) is 0.357. The number of nitriles is 1. The van der Waals surface area contributed by atoms with Gasteiger partial charge in [0.1, 0.15) is 11.8 Å². The number of nitrogens with zero attached hydrogens (tertiary/aromatic N) is 1. The summed E-state index contributed by atoms with van der Waals surface area (Å²) in [5.74, 6) is 0. The van der Waals surface area contributed by atoms with Crippen LogP contribution in [-0.2, 0) is 6.42 Å². The first-order valence-electron chi connectivity index (χ1n) is 5.65. The summed E-state index contributed by atoms with van der Waals surface area (Å²) in [6.07, 6.45) is 1.87. The first-order chi connectivity index (χ1) is 7.77. The van der Waals surface area contributed by atoms with Crippen LogP contribution in [0, 0.1) is 11.3 Å². The third kappa shape index (κ3) is 3.78. The molecular weight excluding hydrogens is 196 g/mol. The van der Waals surface area contributed by atoms with E-state index in [1.54, 1.807) is 0 Å². The average molecular weight is 214 g/mol. The van der Waals surface area contributed by atoms with Gasteiger partial charge in [0.05, 0.1) is 0 Å². The van der Waals surface area contributed by atoms with Gasteiger partial charge in [0, 0.05) is 6.54 Å². The molecule has 0 saturated carbocycles. The Morgan fingerprint density at radius 2 is 2.00 bits per heavy atom. The number of hydrogen-bond donors (Lipinski definition) is 1. The van der Waals surface area contributed by atoms with Gasteiger partial charge in [-0.1, -0.05) is 37.3 Å². The summed E-state index contributed by atoms with van der Waals surface area (Å²) in [5, 5.41) is 12.1. The Labute approximate surface area is 97.6 Å². The largest absolute Gasteiger partial charge is 0.376 e. The second kappa shape index (κ2) is 6.68. The zero-order valence-corrected chi connectivity index (χ0v) is 9.96. The molecule has 2 heteroatoms. The first-order valence-corrected chi connectivity index (χ1v) is 5.65. The molecule has 0 amide bonds. The molecule has 0 atom stereocenters. The van der Waals surface area contributed by atoms with Crippen molar-refractivity contribution in [2.24, 2.45) is 0 Å². The normalized spacial score (nSPS) is 11.6. The van der Waals surface area contributed by atoms with Gasteiger partial charge in [-0.2, -0.15) is 5.26 Å². The Hall–Kier alpha value is -1.75. The van der Waals surface area contributed by atoms with Gasteiger partial charge in [-0.05, 0) is 30.9 Å². The van der Waals surface area contributed by atoms with E-state index in [2.05, 4.69) is 30.4 Å². The second-order valence-electron chi connectivity index (χ2n) is 3.78. The van der Waals surface area contributed by atoms with Crippen molar-refractivity contribution >= 4 is 0 Å². The molecule has 0 saturated heterocycles. The molecule has 16 heavy (non-hydrogen) atoms. The Morgan fingerprint density at radius 3 is 2.56 bits per heavy atom. The minimum Gasteiger partial charge on any atom is -0.376 e. The first kappa shape index (κ1) is 12.3. The van der Waals surface area contributed by atoms with Crippen molar-refractivity contribution < 1.29 is 0 Å². The smallest absolute Gasteiger partial charge is 0.117 e. The summed E-state index contributed by atoms with van der Waals surface area (Å²) < 4.78 is 0. The lowest BCUT2D eigenvalue weighted by molar-refractivity contribution is 0.791. The summed E-state index contributed by atoms with van der Waals surface area (Å²) in [6.45, 7) is 4.86. The maximum Gasteiger partial charge on any atom is 0.117 e. The predicted octanol–water partition coefficient (Wildman–Crippen LogP) is 3.03. The van der Waals surface area contributed by atoms with E-state index in [1.165, 1.54) is 5.56 Å². The molecule has 0 bridgehead atoms. The van der Waals surface area contributed by atoms with Crippen LogP contribution in [-0.4, -0.2) is 6.54 Å². The SMILES string of the molecule is CC/C(C)=C(\C#N)NCCc1ccccc1. The van der Waals surface area contributed by atoms with Crippen molar-refractivity contribution in [2.75, 3.05) is 6.54 Å². The molecule has 2 nitrogen and oxygen atoms in total. The molecule has 1 aromatic carbocycles. The molecule has 0 aromatic heterocycles. The highest BCUT2D eigenvalue weighted by molar-refractivity contribution is 5.25. The van der Waals surface area contributed by atoms with Crippen LogP contribution in [0.3, 0.4) is 0 Å². The monoisotopic (exact) mass is 214 g/mol. The minimum absolute atomic E-state index is 0.721. The van der Waals surface area contributed by atoms with E-state index in [9.17, 15) is 0 Å². The van der Waals surface area contributed by atoms with Crippen molar-refractivity contribution in [2.45, 2.75) is 26.7 Å². The third-order valence-electron chi connectivity index (χ3n) is 2.63. The predicted molar refractivity (Wildman–Crippen MR) is 66.8 cm³/mol. The van der Waals surface area contributed by atoms with Crippen LogP contribution in [0.5, 0.6) is 0 Å². The zero-order chi connectivity index (χ0) is 11.8. The van der Waals surface area contributed by atoms with Gasteiger partial charge in [0.25, 0.3) is 0 Å². The highest BCUT2D eigenvalue weighted by Gasteiger charge is 1.99.